The molecule has 2 heterocycles. The first-order valence-corrected chi connectivity index (χ1v) is 13.0. The molecule has 8 nitrogen and oxygen atoms in total. The molecule has 0 aliphatic heterocycles. The highest BCUT2D eigenvalue weighted by Gasteiger charge is 2.23. The predicted molar refractivity (Wildman–Crippen MR) is 150 cm³/mol. The van der Waals surface area contributed by atoms with Crippen molar-refractivity contribution in [1.29, 1.82) is 0 Å². The first-order valence-electron chi connectivity index (χ1n) is 13.0. The van der Waals surface area contributed by atoms with E-state index in [4.69, 9.17) is 9.47 Å². The molecule has 1 amide bonds. The number of rotatable bonds is 8. The van der Waals surface area contributed by atoms with E-state index in [1.54, 1.807) is 43.0 Å². The van der Waals surface area contributed by atoms with E-state index in [1.165, 1.54) is 29.7 Å². The van der Waals surface area contributed by atoms with E-state index in [0.717, 1.165) is 11.8 Å². The molecule has 3 aromatic carbocycles. The summed E-state index contributed by atoms with van der Waals surface area (Å²) >= 11 is 0. The standard InChI is InChI=1S/C31H27FN4O4/c1-19-29(31(38)36(35(19)2)22-6-4-3-5-7-22)30(37)34-21-10-13-28(25(32)16-21)40-27-14-15-33-26-17-23(11-12-24(26)27)39-18-20-8-9-20/h3-7,10-17,20H,8-9,18H2,1-2H3,(H,34,37). The molecule has 0 radical (unpaired) electrons. The lowest BCUT2D eigenvalue weighted by Gasteiger charge is -2.12. The highest BCUT2D eigenvalue weighted by molar-refractivity contribution is 6.05. The minimum absolute atomic E-state index is 0.0121. The van der Waals surface area contributed by atoms with Gasteiger partial charge in [-0.1, -0.05) is 18.2 Å². The SMILES string of the molecule is Cc1c(C(=O)Nc2ccc(Oc3ccnc4cc(OCC5CC5)ccc34)c(F)c2)c(=O)n(-c2ccccc2)n1C. The molecule has 0 spiro atoms. The number of carbonyl (C=O) groups excluding carboxylic acids is 1. The minimum atomic E-state index is -0.668. The Balaban J connectivity index is 1.20. The van der Waals surface area contributed by atoms with E-state index >= 15 is 4.39 Å². The van der Waals surface area contributed by atoms with Crippen molar-refractivity contribution >= 4 is 22.5 Å². The molecular weight excluding hydrogens is 511 g/mol. The van der Waals surface area contributed by atoms with Gasteiger partial charge in [0, 0.05) is 36.5 Å². The van der Waals surface area contributed by atoms with Gasteiger partial charge in [-0.25, -0.2) is 9.07 Å². The Morgan fingerprint density at radius 2 is 1.85 bits per heavy atom. The summed E-state index contributed by atoms with van der Waals surface area (Å²) in [5, 5.41) is 3.35. The quantitative estimate of drug-likeness (QED) is 0.262. The maximum absolute atomic E-state index is 15.1. The third-order valence-electron chi connectivity index (χ3n) is 7.05. The molecule has 1 aliphatic carbocycles. The van der Waals surface area contributed by atoms with Crippen molar-refractivity contribution in [2.24, 2.45) is 13.0 Å². The molecule has 9 heteroatoms. The average Bonchev–Trinajstić information content (AvgIpc) is 3.75. The van der Waals surface area contributed by atoms with E-state index in [2.05, 4.69) is 10.3 Å². The Morgan fingerprint density at radius 3 is 2.60 bits per heavy atom. The Morgan fingerprint density at radius 1 is 1.05 bits per heavy atom. The zero-order chi connectivity index (χ0) is 27.8. The summed E-state index contributed by atoms with van der Waals surface area (Å²) in [5.74, 6) is 0.510. The molecule has 1 fully saturated rings. The second-order valence-electron chi connectivity index (χ2n) is 9.88. The van der Waals surface area contributed by atoms with Crippen LogP contribution in [0.5, 0.6) is 17.2 Å². The Hall–Kier alpha value is -4.92. The fourth-order valence-corrected chi connectivity index (χ4v) is 4.58. The molecule has 0 saturated heterocycles. The summed E-state index contributed by atoms with van der Waals surface area (Å²) in [5.41, 5.74) is 1.51. The predicted octanol–water partition coefficient (Wildman–Crippen LogP) is 6.01. The van der Waals surface area contributed by atoms with Crippen molar-refractivity contribution < 1.29 is 18.7 Å². The number of halogens is 1. The summed E-state index contributed by atoms with van der Waals surface area (Å²) in [4.78, 5) is 30.6. The number of benzene rings is 3. The van der Waals surface area contributed by atoms with Gasteiger partial charge in [0.25, 0.3) is 11.5 Å². The minimum Gasteiger partial charge on any atom is -0.493 e. The molecular formula is C31H27FN4O4. The van der Waals surface area contributed by atoms with Crippen molar-refractivity contribution in [3.8, 4) is 22.9 Å². The number of carbonyl (C=O) groups is 1. The van der Waals surface area contributed by atoms with Crippen LogP contribution in [0.1, 0.15) is 28.9 Å². The van der Waals surface area contributed by atoms with Crippen molar-refractivity contribution in [2.45, 2.75) is 19.8 Å². The number of hydrogen-bond acceptors (Lipinski definition) is 5. The number of para-hydroxylation sites is 1. The summed E-state index contributed by atoms with van der Waals surface area (Å²) in [6.07, 6.45) is 4.01. The Bertz CT molecular complexity index is 1790. The number of hydrogen-bond donors (Lipinski definition) is 1. The number of fused-ring (bicyclic) bond motifs is 1. The van der Waals surface area contributed by atoms with Crippen LogP contribution >= 0.6 is 0 Å². The zero-order valence-corrected chi connectivity index (χ0v) is 22.1. The first kappa shape index (κ1) is 25.4. The number of nitrogens with zero attached hydrogens (tertiary/aromatic N) is 3. The maximum Gasteiger partial charge on any atom is 0.284 e. The topological polar surface area (TPSA) is 87.4 Å². The van der Waals surface area contributed by atoms with Gasteiger partial charge in [-0.2, -0.15) is 0 Å². The van der Waals surface area contributed by atoms with Crippen LogP contribution in [0.2, 0.25) is 0 Å². The fourth-order valence-electron chi connectivity index (χ4n) is 4.58. The molecule has 0 atom stereocenters. The van der Waals surface area contributed by atoms with Gasteiger partial charge in [0.15, 0.2) is 11.6 Å². The molecule has 202 valence electrons. The Kier molecular flexibility index (Phi) is 6.55. The summed E-state index contributed by atoms with van der Waals surface area (Å²) in [6.45, 7) is 2.39. The van der Waals surface area contributed by atoms with Gasteiger partial charge in [0.05, 0.1) is 23.5 Å². The number of pyridine rings is 1. The number of anilines is 1. The largest absolute Gasteiger partial charge is 0.493 e. The van der Waals surface area contributed by atoms with Gasteiger partial charge >= 0.3 is 0 Å². The van der Waals surface area contributed by atoms with Crippen LogP contribution in [0.3, 0.4) is 0 Å². The van der Waals surface area contributed by atoms with Crippen LogP contribution in [0, 0.1) is 18.7 Å². The van der Waals surface area contributed by atoms with Gasteiger partial charge in [-0.3, -0.25) is 19.3 Å². The number of nitrogens with one attached hydrogen (secondary N) is 1. The summed E-state index contributed by atoms with van der Waals surface area (Å²) < 4.78 is 29.9. The van der Waals surface area contributed by atoms with Gasteiger partial charge in [0.2, 0.25) is 0 Å². The van der Waals surface area contributed by atoms with Crippen LogP contribution in [0.15, 0.2) is 83.8 Å². The average molecular weight is 539 g/mol. The lowest BCUT2D eigenvalue weighted by Crippen LogP contribution is -2.25. The monoisotopic (exact) mass is 538 g/mol. The molecule has 1 saturated carbocycles. The molecule has 1 N–H and O–H groups in total. The number of aromatic nitrogens is 3. The van der Waals surface area contributed by atoms with E-state index < -0.39 is 17.3 Å². The highest BCUT2D eigenvalue weighted by Crippen LogP contribution is 2.34. The van der Waals surface area contributed by atoms with Gasteiger partial charge in [-0.15, -0.1) is 0 Å². The molecule has 1 aliphatic rings. The lowest BCUT2D eigenvalue weighted by molar-refractivity contribution is 0.102. The second-order valence-corrected chi connectivity index (χ2v) is 9.88. The van der Waals surface area contributed by atoms with E-state index in [0.29, 0.717) is 40.6 Å². The third-order valence-corrected chi connectivity index (χ3v) is 7.05. The molecule has 40 heavy (non-hydrogen) atoms. The molecule has 6 rings (SSSR count). The molecule has 2 aromatic heterocycles. The maximum atomic E-state index is 15.1. The molecule has 0 bridgehead atoms. The smallest absolute Gasteiger partial charge is 0.284 e. The first-order chi connectivity index (χ1) is 19.4. The second kappa shape index (κ2) is 10.3. The van der Waals surface area contributed by atoms with Gasteiger partial charge in [0.1, 0.15) is 17.1 Å². The van der Waals surface area contributed by atoms with Crippen molar-refractivity contribution in [3.05, 3.63) is 106 Å². The van der Waals surface area contributed by atoms with Crippen LogP contribution in [-0.2, 0) is 7.05 Å². The van der Waals surface area contributed by atoms with Crippen molar-refractivity contribution in [1.82, 2.24) is 14.3 Å². The normalized spacial score (nSPS) is 12.9. The Labute approximate surface area is 229 Å². The summed E-state index contributed by atoms with van der Waals surface area (Å²) in [6, 6.07) is 20.4. The van der Waals surface area contributed by atoms with Gasteiger partial charge < -0.3 is 14.8 Å². The van der Waals surface area contributed by atoms with Crippen LogP contribution in [0.4, 0.5) is 10.1 Å². The molecule has 5 aromatic rings. The van der Waals surface area contributed by atoms with E-state index in [-0.39, 0.29) is 17.0 Å². The lowest BCUT2D eigenvalue weighted by atomic mass is 10.2. The van der Waals surface area contributed by atoms with Crippen LogP contribution in [-0.4, -0.2) is 26.9 Å². The van der Waals surface area contributed by atoms with Crippen molar-refractivity contribution in [2.75, 3.05) is 11.9 Å². The summed E-state index contributed by atoms with van der Waals surface area (Å²) in [7, 11) is 1.71. The van der Waals surface area contributed by atoms with Crippen molar-refractivity contribution in [3.63, 3.8) is 0 Å². The van der Waals surface area contributed by atoms with Gasteiger partial charge in [-0.05, 0) is 68.1 Å². The zero-order valence-electron chi connectivity index (χ0n) is 22.1. The number of amides is 1. The molecule has 0 unspecified atom stereocenters. The highest BCUT2D eigenvalue weighted by atomic mass is 19.1. The van der Waals surface area contributed by atoms with E-state index in [9.17, 15) is 9.59 Å². The van der Waals surface area contributed by atoms with E-state index in [1.807, 2.05) is 36.4 Å². The fraction of sp³-hybridized carbons (Fsp3) is 0.194. The number of ether oxygens (including phenoxy) is 2. The third kappa shape index (κ3) is 4.93. The van der Waals surface area contributed by atoms with Crippen LogP contribution < -0.4 is 20.3 Å². The van der Waals surface area contributed by atoms with Crippen LogP contribution in [0.25, 0.3) is 16.6 Å².